The van der Waals surface area contributed by atoms with Gasteiger partial charge in [-0.05, 0) is 66.9 Å². The fourth-order valence-electron chi connectivity index (χ4n) is 2.28. The van der Waals surface area contributed by atoms with Gasteiger partial charge in [0.2, 0.25) is 0 Å². The fourth-order valence-corrected chi connectivity index (χ4v) is 3.00. The van der Waals surface area contributed by atoms with Crippen molar-refractivity contribution in [3.8, 4) is 17.2 Å². The maximum Gasteiger partial charge on any atom is 0.138 e. The van der Waals surface area contributed by atoms with Gasteiger partial charge in [0.05, 0.1) is 11.9 Å². The number of methoxy groups -OCH3 is 1. The number of ether oxygens (including phenoxy) is 2. The predicted molar refractivity (Wildman–Crippen MR) is 86.7 cm³/mol. The van der Waals surface area contributed by atoms with Crippen LogP contribution in [0.5, 0.6) is 17.2 Å². The van der Waals surface area contributed by atoms with Gasteiger partial charge in [0.1, 0.15) is 23.5 Å². The zero-order valence-electron chi connectivity index (χ0n) is 12.2. The summed E-state index contributed by atoms with van der Waals surface area (Å²) in [7, 11) is 1.63. The molecule has 0 aliphatic rings. The van der Waals surface area contributed by atoms with E-state index in [1.165, 1.54) is 0 Å². The first-order valence-electron chi connectivity index (χ1n) is 6.57. The van der Waals surface area contributed by atoms with Gasteiger partial charge in [-0.2, -0.15) is 0 Å². The molecule has 0 fully saturated rings. The number of carbonyl (C=O) groups excluding carboxylic acids is 1. The third kappa shape index (κ3) is 3.64. The van der Waals surface area contributed by atoms with Crippen LogP contribution in [0.15, 0.2) is 36.4 Å². The standard InChI is InChI=1S/C17H17BrO3/c1-11-8-15(9-12(2)17(11)16(18)10-19)21-14-6-4-13(20-3)5-7-14/h4-10,16H,1-3H3. The Morgan fingerprint density at radius 1 is 1.00 bits per heavy atom. The topological polar surface area (TPSA) is 35.5 Å². The number of carbonyl (C=O) groups is 1. The van der Waals surface area contributed by atoms with E-state index in [-0.39, 0.29) is 4.83 Å². The molecular formula is C17H17BrO3. The summed E-state index contributed by atoms with van der Waals surface area (Å²) in [5.41, 5.74) is 3.03. The fraction of sp³-hybridized carbons (Fsp3) is 0.235. The van der Waals surface area contributed by atoms with Gasteiger partial charge >= 0.3 is 0 Å². The summed E-state index contributed by atoms with van der Waals surface area (Å²) in [6, 6.07) is 11.3. The molecule has 0 aliphatic heterocycles. The van der Waals surface area contributed by atoms with Crippen molar-refractivity contribution in [1.82, 2.24) is 0 Å². The Morgan fingerprint density at radius 2 is 1.52 bits per heavy atom. The van der Waals surface area contributed by atoms with E-state index in [0.717, 1.165) is 40.2 Å². The molecule has 0 bridgehead atoms. The Bertz CT molecular complexity index is 612. The highest BCUT2D eigenvalue weighted by Crippen LogP contribution is 2.32. The molecule has 0 aliphatic carbocycles. The van der Waals surface area contributed by atoms with Gasteiger partial charge in [0.15, 0.2) is 0 Å². The summed E-state index contributed by atoms with van der Waals surface area (Å²) in [5.74, 6) is 2.29. The summed E-state index contributed by atoms with van der Waals surface area (Å²) in [4.78, 5) is 10.7. The number of hydrogen-bond donors (Lipinski definition) is 0. The van der Waals surface area contributed by atoms with Gasteiger partial charge in [-0.25, -0.2) is 0 Å². The van der Waals surface area contributed by atoms with E-state index >= 15 is 0 Å². The molecule has 4 heteroatoms. The highest BCUT2D eigenvalue weighted by Gasteiger charge is 2.14. The zero-order valence-corrected chi connectivity index (χ0v) is 13.8. The third-order valence-corrected chi connectivity index (χ3v) is 3.93. The molecule has 0 amide bonds. The van der Waals surface area contributed by atoms with Gasteiger partial charge in [0, 0.05) is 0 Å². The van der Waals surface area contributed by atoms with Crippen molar-refractivity contribution in [2.24, 2.45) is 0 Å². The molecule has 2 aromatic carbocycles. The quantitative estimate of drug-likeness (QED) is 0.578. The Hall–Kier alpha value is -1.81. The van der Waals surface area contributed by atoms with E-state index in [0.29, 0.717) is 0 Å². The molecule has 0 radical (unpaired) electrons. The summed E-state index contributed by atoms with van der Waals surface area (Å²) >= 11 is 3.37. The molecule has 0 spiro atoms. The van der Waals surface area contributed by atoms with Crippen molar-refractivity contribution in [3.63, 3.8) is 0 Å². The minimum Gasteiger partial charge on any atom is -0.497 e. The van der Waals surface area contributed by atoms with Crippen molar-refractivity contribution in [3.05, 3.63) is 53.1 Å². The van der Waals surface area contributed by atoms with Crippen molar-refractivity contribution in [1.29, 1.82) is 0 Å². The Labute approximate surface area is 133 Å². The molecule has 1 unspecified atom stereocenters. The van der Waals surface area contributed by atoms with Crippen LogP contribution in [-0.2, 0) is 4.79 Å². The van der Waals surface area contributed by atoms with Crippen molar-refractivity contribution in [2.75, 3.05) is 7.11 Å². The van der Waals surface area contributed by atoms with Crippen molar-refractivity contribution in [2.45, 2.75) is 18.7 Å². The van der Waals surface area contributed by atoms with Crippen LogP contribution in [0.4, 0.5) is 0 Å². The molecule has 2 aromatic rings. The second kappa shape index (κ2) is 6.76. The molecule has 0 saturated carbocycles. The molecule has 1 atom stereocenters. The van der Waals surface area contributed by atoms with Gasteiger partial charge in [-0.3, -0.25) is 0 Å². The van der Waals surface area contributed by atoms with Crippen LogP contribution in [0.2, 0.25) is 0 Å². The summed E-state index contributed by atoms with van der Waals surface area (Å²) < 4.78 is 11.0. The number of aldehydes is 1. The van der Waals surface area contributed by atoms with Crippen molar-refractivity contribution >= 4 is 22.2 Å². The van der Waals surface area contributed by atoms with Gasteiger partial charge < -0.3 is 14.3 Å². The van der Waals surface area contributed by atoms with E-state index in [4.69, 9.17) is 9.47 Å². The van der Waals surface area contributed by atoms with Crippen LogP contribution in [0, 0.1) is 13.8 Å². The smallest absolute Gasteiger partial charge is 0.138 e. The van der Waals surface area contributed by atoms with E-state index < -0.39 is 0 Å². The van der Waals surface area contributed by atoms with Crippen molar-refractivity contribution < 1.29 is 14.3 Å². The number of rotatable bonds is 5. The number of alkyl halides is 1. The van der Waals surface area contributed by atoms with E-state index in [9.17, 15) is 4.79 Å². The number of aryl methyl sites for hydroxylation is 2. The average Bonchev–Trinajstić information content (AvgIpc) is 2.47. The second-order valence-corrected chi connectivity index (χ2v) is 5.77. The Kier molecular flexibility index (Phi) is 5.02. The molecule has 110 valence electrons. The molecule has 0 aromatic heterocycles. The monoisotopic (exact) mass is 348 g/mol. The maximum absolute atomic E-state index is 11.0. The van der Waals surface area contributed by atoms with Crippen LogP contribution in [-0.4, -0.2) is 13.4 Å². The zero-order chi connectivity index (χ0) is 15.4. The van der Waals surface area contributed by atoms with Gasteiger partial charge in [-0.15, -0.1) is 0 Å². The van der Waals surface area contributed by atoms with Gasteiger partial charge in [-0.1, -0.05) is 15.9 Å². The molecule has 2 rings (SSSR count). The van der Waals surface area contributed by atoms with Crippen LogP contribution < -0.4 is 9.47 Å². The lowest BCUT2D eigenvalue weighted by molar-refractivity contribution is -0.107. The van der Waals surface area contributed by atoms with E-state index in [2.05, 4.69) is 15.9 Å². The van der Waals surface area contributed by atoms with E-state index in [1.807, 2.05) is 50.2 Å². The minimum atomic E-state index is -0.285. The maximum atomic E-state index is 11.0. The molecule has 0 heterocycles. The average molecular weight is 349 g/mol. The van der Waals surface area contributed by atoms with E-state index in [1.54, 1.807) is 7.11 Å². The number of benzene rings is 2. The van der Waals surface area contributed by atoms with Crippen LogP contribution in [0.1, 0.15) is 21.5 Å². The first kappa shape index (κ1) is 15.6. The molecular weight excluding hydrogens is 332 g/mol. The molecule has 0 saturated heterocycles. The van der Waals surface area contributed by atoms with Gasteiger partial charge in [0.25, 0.3) is 0 Å². The molecule has 21 heavy (non-hydrogen) atoms. The highest BCUT2D eigenvalue weighted by atomic mass is 79.9. The molecule has 0 N–H and O–H groups in total. The minimum absolute atomic E-state index is 0.285. The predicted octanol–water partition coefficient (Wildman–Crippen LogP) is 4.74. The summed E-state index contributed by atoms with van der Waals surface area (Å²) in [6.07, 6.45) is 0.888. The Morgan fingerprint density at radius 3 is 2.00 bits per heavy atom. The Balaban J connectivity index is 2.26. The summed E-state index contributed by atoms with van der Waals surface area (Å²) in [6.45, 7) is 3.95. The number of hydrogen-bond acceptors (Lipinski definition) is 3. The summed E-state index contributed by atoms with van der Waals surface area (Å²) in [5, 5.41) is 0. The largest absolute Gasteiger partial charge is 0.497 e. The number of halogens is 1. The first-order chi connectivity index (χ1) is 10.0. The molecule has 3 nitrogen and oxygen atoms in total. The SMILES string of the molecule is COc1ccc(Oc2cc(C)c(C(Br)C=O)c(C)c2)cc1. The second-order valence-electron chi connectivity index (χ2n) is 4.79. The first-order valence-corrected chi connectivity index (χ1v) is 7.49. The van der Waals surface area contributed by atoms with Crippen LogP contribution in [0.25, 0.3) is 0 Å². The lowest BCUT2D eigenvalue weighted by Crippen LogP contribution is -1.99. The lowest BCUT2D eigenvalue weighted by atomic mass is 10.00. The van der Waals surface area contributed by atoms with Crippen LogP contribution >= 0.6 is 15.9 Å². The normalized spacial score (nSPS) is 11.8. The lowest BCUT2D eigenvalue weighted by Gasteiger charge is -2.14. The van der Waals surface area contributed by atoms with Crippen LogP contribution in [0.3, 0.4) is 0 Å². The highest BCUT2D eigenvalue weighted by molar-refractivity contribution is 9.09. The third-order valence-electron chi connectivity index (χ3n) is 3.26.